The lowest BCUT2D eigenvalue weighted by molar-refractivity contribution is -0.327. The van der Waals surface area contributed by atoms with E-state index in [4.69, 9.17) is 10.5 Å². The zero-order valence-corrected chi connectivity index (χ0v) is 7.70. The van der Waals surface area contributed by atoms with Gasteiger partial charge in [-0.3, -0.25) is 9.78 Å². The van der Waals surface area contributed by atoms with Gasteiger partial charge < -0.3 is 0 Å². The molecule has 0 spiro atoms. The van der Waals surface area contributed by atoms with Crippen molar-refractivity contribution in [1.82, 2.24) is 0 Å². The van der Waals surface area contributed by atoms with Crippen LogP contribution < -0.4 is 0 Å². The molecule has 0 aliphatic rings. The number of allylic oxidation sites excluding steroid dienone is 1. The van der Waals surface area contributed by atoms with Crippen LogP contribution in [0.5, 0.6) is 0 Å². The predicted molar refractivity (Wildman–Crippen MR) is 44.2 cm³/mol. The number of rotatable bonds is 5. The summed E-state index contributed by atoms with van der Waals surface area (Å²) in [6, 6.07) is 0. The average Bonchev–Trinajstić information content (AvgIpc) is 2.03. The fraction of sp³-hybridized carbons (Fsp3) is 0.750. The Morgan fingerprint density at radius 3 is 2.08 bits per heavy atom. The molecular formula is C8H16O4. The highest BCUT2D eigenvalue weighted by Gasteiger charge is 2.06. The standard InChI is InChI=1S/C8H16O4/c1-6(2)4-5-7(3)8(11-9)12-10/h6,9-10H,4-5H2,1-3H3. The van der Waals surface area contributed by atoms with Gasteiger partial charge in [-0.05, 0) is 25.7 Å². The van der Waals surface area contributed by atoms with Crippen LogP contribution in [0, 0.1) is 5.92 Å². The van der Waals surface area contributed by atoms with Crippen LogP contribution in [-0.2, 0) is 9.78 Å². The molecule has 0 rings (SSSR count). The molecule has 2 N–H and O–H groups in total. The Morgan fingerprint density at radius 1 is 1.25 bits per heavy atom. The molecule has 0 fully saturated rings. The zero-order valence-electron chi connectivity index (χ0n) is 7.70. The van der Waals surface area contributed by atoms with Crippen molar-refractivity contribution in [3.8, 4) is 0 Å². The molecule has 0 aliphatic heterocycles. The van der Waals surface area contributed by atoms with Gasteiger partial charge in [0.25, 0.3) is 0 Å². The zero-order chi connectivity index (χ0) is 9.56. The fourth-order valence-corrected chi connectivity index (χ4v) is 0.780. The first kappa shape index (κ1) is 11.3. The Hall–Kier alpha value is -0.740. The highest BCUT2D eigenvalue weighted by atomic mass is 17.2. The minimum Gasteiger partial charge on any atom is -0.298 e. The van der Waals surface area contributed by atoms with Gasteiger partial charge in [0, 0.05) is 5.57 Å². The van der Waals surface area contributed by atoms with Gasteiger partial charge in [-0.2, -0.15) is 10.5 Å². The molecule has 12 heavy (non-hydrogen) atoms. The molecule has 0 aromatic rings. The van der Waals surface area contributed by atoms with Crippen LogP contribution in [0.15, 0.2) is 11.5 Å². The summed E-state index contributed by atoms with van der Waals surface area (Å²) in [5.41, 5.74) is 0.689. The normalized spacial score (nSPS) is 9.83. The second-order valence-electron chi connectivity index (χ2n) is 3.18. The lowest BCUT2D eigenvalue weighted by atomic mass is 10.0. The molecule has 72 valence electrons. The molecule has 0 atom stereocenters. The SMILES string of the molecule is CC(CCC(C)C)=C(OO)OO. The molecular weight excluding hydrogens is 160 g/mol. The molecule has 0 heterocycles. The molecule has 0 aromatic heterocycles. The predicted octanol–water partition coefficient (Wildman–Crippen LogP) is 2.63. The Bertz CT molecular complexity index is 145. The molecule has 4 heteroatoms. The van der Waals surface area contributed by atoms with Crippen molar-refractivity contribution >= 4 is 0 Å². The van der Waals surface area contributed by atoms with Crippen LogP contribution in [0.4, 0.5) is 0 Å². The van der Waals surface area contributed by atoms with E-state index in [-0.39, 0.29) is 5.95 Å². The van der Waals surface area contributed by atoms with Crippen molar-refractivity contribution in [2.75, 3.05) is 0 Å². The molecule has 0 saturated heterocycles. The maximum Gasteiger partial charge on any atom is 0.351 e. The summed E-state index contributed by atoms with van der Waals surface area (Å²) in [5, 5.41) is 16.4. The van der Waals surface area contributed by atoms with Crippen molar-refractivity contribution in [3.63, 3.8) is 0 Å². The van der Waals surface area contributed by atoms with Crippen LogP contribution in [0.25, 0.3) is 0 Å². The van der Waals surface area contributed by atoms with Crippen LogP contribution in [0.1, 0.15) is 33.6 Å². The summed E-state index contributed by atoms with van der Waals surface area (Å²) >= 11 is 0. The molecule has 4 nitrogen and oxygen atoms in total. The maximum absolute atomic E-state index is 8.22. The minimum absolute atomic E-state index is 0.226. The Labute approximate surface area is 72.3 Å². The van der Waals surface area contributed by atoms with Gasteiger partial charge in [0.2, 0.25) is 0 Å². The van der Waals surface area contributed by atoms with Crippen molar-refractivity contribution in [1.29, 1.82) is 0 Å². The van der Waals surface area contributed by atoms with E-state index >= 15 is 0 Å². The van der Waals surface area contributed by atoms with E-state index in [1.807, 2.05) is 0 Å². The Kier molecular flexibility index (Phi) is 5.49. The second kappa shape index (κ2) is 5.85. The van der Waals surface area contributed by atoms with E-state index in [1.54, 1.807) is 6.92 Å². The van der Waals surface area contributed by atoms with E-state index in [1.165, 1.54) is 0 Å². The first-order chi connectivity index (χ1) is 5.61. The lowest BCUT2D eigenvalue weighted by Crippen LogP contribution is -1.97. The second-order valence-corrected chi connectivity index (χ2v) is 3.18. The summed E-state index contributed by atoms with van der Waals surface area (Å²) in [7, 11) is 0. The maximum atomic E-state index is 8.22. The van der Waals surface area contributed by atoms with Crippen molar-refractivity contribution in [3.05, 3.63) is 11.5 Å². The van der Waals surface area contributed by atoms with E-state index < -0.39 is 0 Å². The number of hydrogen-bond donors (Lipinski definition) is 2. The summed E-state index contributed by atoms with van der Waals surface area (Å²) in [6.45, 7) is 5.91. The Balaban J connectivity index is 3.96. The third kappa shape index (κ3) is 4.20. The van der Waals surface area contributed by atoms with Gasteiger partial charge in [-0.15, -0.1) is 0 Å². The molecule has 0 aliphatic carbocycles. The highest BCUT2D eigenvalue weighted by molar-refractivity contribution is 4.98. The molecule has 0 radical (unpaired) electrons. The first-order valence-corrected chi connectivity index (χ1v) is 3.94. The first-order valence-electron chi connectivity index (χ1n) is 3.94. The highest BCUT2D eigenvalue weighted by Crippen LogP contribution is 2.15. The molecule has 0 saturated carbocycles. The summed E-state index contributed by atoms with van der Waals surface area (Å²) < 4.78 is 0. The monoisotopic (exact) mass is 176 g/mol. The van der Waals surface area contributed by atoms with Crippen molar-refractivity contribution in [2.24, 2.45) is 5.92 Å². The van der Waals surface area contributed by atoms with E-state index in [0.29, 0.717) is 11.5 Å². The molecule has 0 bridgehead atoms. The third-order valence-electron chi connectivity index (χ3n) is 1.61. The minimum atomic E-state index is -0.226. The third-order valence-corrected chi connectivity index (χ3v) is 1.61. The van der Waals surface area contributed by atoms with Crippen LogP contribution in [-0.4, -0.2) is 10.5 Å². The van der Waals surface area contributed by atoms with Gasteiger partial charge in [-0.25, -0.2) is 0 Å². The number of hydrogen-bond acceptors (Lipinski definition) is 4. The van der Waals surface area contributed by atoms with Gasteiger partial charge in [0.05, 0.1) is 0 Å². The quantitative estimate of drug-likeness (QED) is 0.384. The average molecular weight is 176 g/mol. The van der Waals surface area contributed by atoms with Crippen LogP contribution in [0.3, 0.4) is 0 Å². The van der Waals surface area contributed by atoms with Gasteiger partial charge >= 0.3 is 5.95 Å². The van der Waals surface area contributed by atoms with Gasteiger partial charge in [0.1, 0.15) is 0 Å². The summed E-state index contributed by atoms with van der Waals surface area (Å²) in [5.74, 6) is 0.342. The lowest BCUT2D eigenvalue weighted by Gasteiger charge is -2.06. The van der Waals surface area contributed by atoms with Gasteiger partial charge in [-0.1, -0.05) is 13.8 Å². The summed E-state index contributed by atoms with van der Waals surface area (Å²) in [4.78, 5) is 7.60. The fourth-order valence-electron chi connectivity index (χ4n) is 0.780. The van der Waals surface area contributed by atoms with Crippen molar-refractivity contribution < 1.29 is 20.3 Å². The topological polar surface area (TPSA) is 58.9 Å². The van der Waals surface area contributed by atoms with E-state index in [0.717, 1.165) is 12.8 Å². The van der Waals surface area contributed by atoms with E-state index in [9.17, 15) is 0 Å². The summed E-state index contributed by atoms with van der Waals surface area (Å²) in [6.07, 6.45) is 1.69. The van der Waals surface area contributed by atoms with Crippen LogP contribution in [0.2, 0.25) is 0 Å². The van der Waals surface area contributed by atoms with Crippen LogP contribution >= 0.6 is 0 Å². The largest absolute Gasteiger partial charge is 0.351 e. The van der Waals surface area contributed by atoms with E-state index in [2.05, 4.69) is 23.6 Å². The van der Waals surface area contributed by atoms with Crippen molar-refractivity contribution in [2.45, 2.75) is 33.6 Å². The molecule has 0 unspecified atom stereocenters. The molecule has 0 amide bonds. The molecule has 0 aromatic carbocycles. The smallest absolute Gasteiger partial charge is 0.298 e. The van der Waals surface area contributed by atoms with Gasteiger partial charge in [0.15, 0.2) is 0 Å². The Morgan fingerprint density at radius 2 is 1.75 bits per heavy atom.